The summed E-state index contributed by atoms with van der Waals surface area (Å²) in [6, 6.07) is 19.5. The molecule has 2 aromatic rings. The van der Waals surface area contributed by atoms with Gasteiger partial charge in [0, 0.05) is 16.3 Å². The van der Waals surface area contributed by atoms with Crippen molar-refractivity contribution in [2.45, 2.75) is 56.7 Å². The first-order valence-corrected chi connectivity index (χ1v) is 10.8. The molecule has 0 aliphatic heterocycles. The van der Waals surface area contributed by atoms with E-state index in [9.17, 15) is 9.67 Å². The second-order valence-corrected chi connectivity index (χ2v) is 10.1. The lowest BCUT2D eigenvalue weighted by Gasteiger charge is -2.40. The lowest BCUT2D eigenvalue weighted by Crippen LogP contribution is -2.44. The van der Waals surface area contributed by atoms with Crippen molar-refractivity contribution in [3.8, 4) is 0 Å². The minimum atomic E-state index is -2.92. The highest BCUT2D eigenvalue weighted by Crippen LogP contribution is 2.55. The van der Waals surface area contributed by atoms with Crippen molar-refractivity contribution in [2.75, 3.05) is 0 Å². The fourth-order valence-corrected chi connectivity index (χ4v) is 7.74. The molecule has 0 saturated heterocycles. The van der Waals surface area contributed by atoms with Gasteiger partial charge >= 0.3 is 0 Å². The van der Waals surface area contributed by atoms with Crippen molar-refractivity contribution in [3.63, 3.8) is 0 Å². The van der Waals surface area contributed by atoms with E-state index >= 15 is 0 Å². The number of hydrogen-bond acceptors (Lipinski definition) is 2. The van der Waals surface area contributed by atoms with Crippen LogP contribution in [0.3, 0.4) is 0 Å². The van der Waals surface area contributed by atoms with Gasteiger partial charge < -0.3 is 9.67 Å². The van der Waals surface area contributed by atoms with Crippen LogP contribution in [0, 0.1) is 0 Å². The van der Waals surface area contributed by atoms with E-state index in [4.69, 9.17) is 0 Å². The summed E-state index contributed by atoms with van der Waals surface area (Å²) in [6.07, 6.45) is 5.90. The van der Waals surface area contributed by atoms with Crippen molar-refractivity contribution >= 4 is 17.8 Å². The van der Waals surface area contributed by atoms with E-state index in [-0.39, 0.29) is 5.66 Å². The molecule has 0 radical (unpaired) electrons. The zero-order valence-corrected chi connectivity index (χ0v) is 15.3. The van der Waals surface area contributed by atoms with E-state index in [1.807, 2.05) is 67.6 Å². The van der Waals surface area contributed by atoms with Gasteiger partial charge in [0.15, 0.2) is 0 Å². The summed E-state index contributed by atoms with van der Waals surface area (Å²) in [5, 5.41) is 13.0. The molecule has 1 N–H and O–H groups in total. The summed E-state index contributed by atoms with van der Waals surface area (Å²) in [7, 11) is -2.92. The standard InChI is InChI=1S/C21H27O2P/c1-21(22)17-11-3-2-10-16-20(21)24(23,18-12-6-4-7-13-18)19-14-8-5-9-15-19/h4-9,12-15,20,22H,2-3,10-11,16-17H2,1H3. The number of hydrogen-bond donors (Lipinski definition) is 1. The summed E-state index contributed by atoms with van der Waals surface area (Å²) in [5.41, 5.74) is -1.13. The third-order valence-corrected chi connectivity index (χ3v) is 9.17. The zero-order chi connectivity index (χ0) is 17.0. The molecule has 2 aromatic carbocycles. The maximum atomic E-state index is 14.5. The maximum Gasteiger partial charge on any atom is 0.148 e. The monoisotopic (exact) mass is 342 g/mol. The molecular formula is C21H27O2P. The summed E-state index contributed by atoms with van der Waals surface area (Å²) in [4.78, 5) is 0. The molecular weight excluding hydrogens is 315 g/mol. The fourth-order valence-electron chi connectivity index (χ4n) is 4.03. The molecule has 1 fully saturated rings. The van der Waals surface area contributed by atoms with Gasteiger partial charge in [0.05, 0.1) is 5.60 Å². The highest BCUT2D eigenvalue weighted by Gasteiger charge is 2.46. The molecule has 3 heteroatoms. The van der Waals surface area contributed by atoms with Crippen LogP contribution in [-0.4, -0.2) is 16.4 Å². The first kappa shape index (κ1) is 17.5. The molecule has 1 aliphatic rings. The van der Waals surface area contributed by atoms with E-state index in [0.29, 0.717) is 0 Å². The van der Waals surface area contributed by atoms with Gasteiger partial charge in [0.25, 0.3) is 0 Å². The molecule has 1 saturated carbocycles. The molecule has 128 valence electrons. The predicted molar refractivity (Wildman–Crippen MR) is 102 cm³/mol. The Bertz CT molecular complexity index is 651. The maximum absolute atomic E-state index is 14.5. The Labute approximate surface area is 145 Å². The van der Waals surface area contributed by atoms with Crippen molar-refractivity contribution < 1.29 is 9.67 Å². The van der Waals surface area contributed by atoms with Crippen LogP contribution in [0.4, 0.5) is 0 Å². The molecule has 0 aromatic heterocycles. The van der Waals surface area contributed by atoms with Gasteiger partial charge in [-0.1, -0.05) is 86.3 Å². The van der Waals surface area contributed by atoms with E-state index < -0.39 is 12.7 Å². The van der Waals surface area contributed by atoms with Crippen molar-refractivity contribution in [1.82, 2.24) is 0 Å². The molecule has 0 amide bonds. The summed E-state index contributed by atoms with van der Waals surface area (Å²) >= 11 is 0. The Morgan fingerprint density at radius 3 is 1.92 bits per heavy atom. The Morgan fingerprint density at radius 2 is 1.38 bits per heavy atom. The third kappa shape index (κ3) is 3.36. The van der Waals surface area contributed by atoms with Crippen LogP contribution in [-0.2, 0) is 4.57 Å². The number of aliphatic hydroxyl groups is 1. The summed E-state index contributed by atoms with van der Waals surface area (Å²) in [6.45, 7) is 1.89. The first-order chi connectivity index (χ1) is 11.5. The van der Waals surface area contributed by atoms with Gasteiger partial charge in [-0.05, 0) is 19.8 Å². The predicted octanol–water partition coefficient (Wildman–Crippen LogP) is 4.47. The van der Waals surface area contributed by atoms with Crippen molar-refractivity contribution in [2.24, 2.45) is 0 Å². The average molecular weight is 342 g/mol. The van der Waals surface area contributed by atoms with Crippen LogP contribution in [0.15, 0.2) is 60.7 Å². The molecule has 1 aliphatic carbocycles. The Morgan fingerprint density at radius 1 is 0.875 bits per heavy atom. The molecule has 2 nitrogen and oxygen atoms in total. The highest BCUT2D eigenvalue weighted by atomic mass is 31.2. The van der Waals surface area contributed by atoms with E-state index in [1.54, 1.807) is 0 Å². The van der Waals surface area contributed by atoms with Crippen LogP contribution in [0.5, 0.6) is 0 Å². The normalized spacial score (nSPS) is 25.7. The van der Waals surface area contributed by atoms with Crippen LogP contribution >= 0.6 is 7.14 Å². The fraction of sp³-hybridized carbons (Fsp3) is 0.429. The van der Waals surface area contributed by atoms with Crippen LogP contribution in [0.25, 0.3) is 0 Å². The topological polar surface area (TPSA) is 37.3 Å². The largest absolute Gasteiger partial charge is 0.389 e. The average Bonchev–Trinajstić information content (AvgIpc) is 2.60. The molecule has 24 heavy (non-hydrogen) atoms. The Balaban J connectivity index is 2.15. The summed E-state index contributed by atoms with van der Waals surface area (Å²) in [5.74, 6) is 0. The van der Waals surface area contributed by atoms with Crippen LogP contribution in [0.2, 0.25) is 0 Å². The van der Waals surface area contributed by atoms with E-state index in [1.165, 1.54) is 0 Å². The molecule has 0 heterocycles. The second kappa shape index (κ2) is 7.25. The van der Waals surface area contributed by atoms with Gasteiger partial charge in [-0.15, -0.1) is 0 Å². The quantitative estimate of drug-likeness (QED) is 0.836. The molecule has 2 unspecified atom stereocenters. The van der Waals surface area contributed by atoms with Gasteiger partial charge in [-0.3, -0.25) is 0 Å². The molecule has 0 bridgehead atoms. The third-order valence-electron chi connectivity index (χ3n) is 5.35. The number of rotatable bonds is 3. The van der Waals surface area contributed by atoms with E-state index in [2.05, 4.69) is 0 Å². The Hall–Kier alpha value is -1.37. The number of benzene rings is 2. The SMILES string of the molecule is CC1(O)CCCCCCC1P(=O)(c1ccccc1)c1ccccc1. The molecule has 2 atom stereocenters. The van der Waals surface area contributed by atoms with Crippen LogP contribution < -0.4 is 10.6 Å². The first-order valence-electron chi connectivity index (χ1n) is 8.98. The smallest absolute Gasteiger partial charge is 0.148 e. The highest BCUT2D eigenvalue weighted by molar-refractivity contribution is 7.79. The zero-order valence-electron chi connectivity index (χ0n) is 14.4. The van der Waals surface area contributed by atoms with Gasteiger partial charge in [-0.25, -0.2) is 0 Å². The lowest BCUT2D eigenvalue weighted by molar-refractivity contribution is 0.0364. The van der Waals surface area contributed by atoms with Gasteiger partial charge in [0.1, 0.15) is 7.14 Å². The van der Waals surface area contributed by atoms with Crippen molar-refractivity contribution in [1.29, 1.82) is 0 Å². The molecule has 0 spiro atoms. The van der Waals surface area contributed by atoms with Gasteiger partial charge in [0.2, 0.25) is 0 Å². The minimum absolute atomic E-state index is 0.227. The van der Waals surface area contributed by atoms with Gasteiger partial charge in [-0.2, -0.15) is 0 Å². The van der Waals surface area contributed by atoms with Crippen LogP contribution in [0.1, 0.15) is 45.4 Å². The second-order valence-electron chi connectivity index (χ2n) is 7.15. The Kier molecular flexibility index (Phi) is 5.27. The summed E-state index contributed by atoms with van der Waals surface area (Å²) < 4.78 is 14.5. The van der Waals surface area contributed by atoms with Crippen molar-refractivity contribution in [3.05, 3.63) is 60.7 Å². The minimum Gasteiger partial charge on any atom is -0.389 e. The molecule has 3 rings (SSSR count). The lowest BCUT2D eigenvalue weighted by atomic mass is 9.88. The van der Waals surface area contributed by atoms with E-state index in [0.717, 1.165) is 49.1 Å².